The van der Waals surface area contributed by atoms with Crippen LogP contribution in [0, 0.1) is 5.82 Å². The van der Waals surface area contributed by atoms with Crippen LogP contribution < -0.4 is 5.32 Å². The van der Waals surface area contributed by atoms with Crippen molar-refractivity contribution in [3.05, 3.63) is 48.0 Å². The second kappa shape index (κ2) is 8.17. The Kier molecular flexibility index (Phi) is 5.70. The fourth-order valence-corrected chi connectivity index (χ4v) is 2.77. The number of urea groups is 1. The first-order valence-electron chi connectivity index (χ1n) is 8.59. The van der Waals surface area contributed by atoms with Crippen LogP contribution in [0.15, 0.2) is 36.7 Å². The highest BCUT2D eigenvalue weighted by molar-refractivity contribution is 5.82. The molecule has 9 heteroatoms. The van der Waals surface area contributed by atoms with Gasteiger partial charge in [-0.1, -0.05) is 6.07 Å². The summed E-state index contributed by atoms with van der Waals surface area (Å²) in [7, 11) is 3.31. The van der Waals surface area contributed by atoms with Crippen molar-refractivity contribution in [2.75, 3.05) is 33.8 Å². The molecule has 0 radical (unpaired) electrons. The van der Waals surface area contributed by atoms with Crippen molar-refractivity contribution in [2.45, 2.75) is 12.6 Å². The molecule has 3 amide bonds. The molecule has 3 rings (SSSR count). The molecule has 1 aromatic heterocycles. The molecule has 0 spiro atoms. The topological polar surface area (TPSA) is 79.7 Å². The van der Waals surface area contributed by atoms with Gasteiger partial charge in [0.25, 0.3) is 5.91 Å². The molecule has 27 heavy (non-hydrogen) atoms. The number of rotatable bonds is 4. The Balaban J connectivity index is 1.55. The molecule has 0 unspecified atom stereocenters. The fourth-order valence-electron chi connectivity index (χ4n) is 2.77. The first-order chi connectivity index (χ1) is 12.9. The van der Waals surface area contributed by atoms with Gasteiger partial charge in [-0.05, 0) is 18.2 Å². The molecular weight excluding hydrogens is 353 g/mol. The number of halogens is 1. The van der Waals surface area contributed by atoms with E-state index in [0.717, 1.165) is 5.56 Å². The number of ether oxygens (including phenoxy) is 1. The van der Waals surface area contributed by atoms with E-state index in [-0.39, 0.29) is 30.8 Å². The van der Waals surface area contributed by atoms with Crippen molar-refractivity contribution in [3.8, 4) is 5.69 Å². The second-order valence-electron chi connectivity index (χ2n) is 6.47. The first kappa shape index (κ1) is 18.8. The summed E-state index contributed by atoms with van der Waals surface area (Å²) in [6.45, 7) is 1.23. The number of carbonyl (C=O) groups excluding carboxylic acids is 2. The number of morpholine rings is 1. The lowest BCUT2D eigenvalue weighted by Gasteiger charge is -2.33. The van der Waals surface area contributed by atoms with E-state index in [1.807, 2.05) is 0 Å². The molecule has 0 saturated carbocycles. The van der Waals surface area contributed by atoms with E-state index < -0.39 is 6.10 Å². The summed E-state index contributed by atoms with van der Waals surface area (Å²) in [5.74, 6) is -0.504. The summed E-state index contributed by atoms with van der Waals surface area (Å²) in [4.78, 5) is 27.4. The van der Waals surface area contributed by atoms with Crippen LogP contribution in [0.4, 0.5) is 9.18 Å². The van der Waals surface area contributed by atoms with Crippen molar-refractivity contribution in [1.29, 1.82) is 0 Å². The van der Waals surface area contributed by atoms with Gasteiger partial charge in [-0.15, -0.1) is 0 Å². The number of hydrogen-bond donors (Lipinski definition) is 1. The van der Waals surface area contributed by atoms with Crippen LogP contribution in [0.1, 0.15) is 5.56 Å². The van der Waals surface area contributed by atoms with E-state index >= 15 is 0 Å². The van der Waals surface area contributed by atoms with E-state index in [4.69, 9.17) is 4.74 Å². The zero-order valence-corrected chi connectivity index (χ0v) is 15.3. The number of aromatic nitrogens is 2. The average Bonchev–Trinajstić information content (AvgIpc) is 3.14. The Bertz CT molecular complexity index is 823. The molecule has 8 nitrogen and oxygen atoms in total. The molecule has 1 aliphatic rings. The lowest BCUT2D eigenvalue weighted by Crippen LogP contribution is -2.53. The third kappa shape index (κ3) is 4.62. The van der Waals surface area contributed by atoms with Gasteiger partial charge in [0.2, 0.25) is 0 Å². The van der Waals surface area contributed by atoms with Gasteiger partial charge in [0, 0.05) is 38.9 Å². The van der Waals surface area contributed by atoms with Crippen molar-refractivity contribution < 1.29 is 18.7 Å². The quantitative estimate of drug-likeness (QED) is 0.865. The SMILES string of the molecule is CN(C)C(=O)[C@H]1CN(C(=O)NCc2cnn(-c3cccc(F)c3)c2)CCO1. The molecule has 2 heterocycles. The fraction of sp³-hybridized carbons (Fsp3) is 0.389. The van der Waals surface area contributed by atoms with Crippen LogP contribution in [-0.2, 0) is 16.1 Å². The van der Waals surface area contributed by atoms with Gasteiger partial charge in [-0.3, -0.25) is 4.79 Å². The van der Waals surface area contributed by atoms with Crippen molar-refractivity contribution in [2.24, 2.45) is 0 Å². The highest BCUT2D eigenvalue weighted by Gasteiger charge is 2.30. The molecule has 1 fully saturated rings. The molecule has 0 bridgehead atoms. The van der Waals surface area contributed by atoms with E-state index in [0.29, 0.717) is 18.8 Å². The van der Waals surface area contributed by atoms with Gasteiger partial charge >= 0.3 is 6.03 Å². The van der Waals surface area contributed by atoms with Crippen molar-refractivity contribution in [3.63, 3.8) is 0 Å². The zero-order chi connectivity index (χ0) is 19.4. The molecule has 1 saturated heterocycles. The van der Waals surface area contributed by atoms with E-state index in [9.17, 15) is 14.0 Å². The number of benzene rings is 1. The minimum Gasteiger partial charge on any atom is -0.365 e. The Morgan fingerprint density at radius 2 is 2.22 bits per heavy atom. The molecule has 1 N–H and O–H groups in total. The van der Waals surface area contributed by atoms with Crippen LogP contribution >= 0.6 is 0 Å². The Hall–Kier alpha value is -2.94. The van der Waals surface area contributed by atoms with E-state index in [2.05, 4.69) is 10.4 Å². The van der Waals surface area contributed by atoms with Gasteiger partial charge in [0.05, 0.1) is 25.0 Å². The van der Waals surface area contributed by atoms with Crippen LogP contribution in [0.3, 0.4) is 0 Å². The van der Waals surface area contributed by atoms with Crippen molar-refractivity contribution >= 4 is 11.9 Å². The number of carbonyl (C=O) groups is 2. The molecular formula is C18H22FN5O3. The van der Waals surface area contributed by atoms with Gasteiger partial charge in [0.15, 0.2) is 6.10 Å². The number of nitrogens with one attached hydrogen (secondary N) is 1. The van der Waals surface area contributed by atoms with Gasteiger partial charge < -0.3 is 19.9 Å². The molecule has 1 aliphatic heterocycles. The Morgan fingerprint density at radius 1 is 1.41 bits per heavy atom. The molecule has 2 aromatic rings. The maximum Gasteiger partial charge on any atom is 0.317 e. The van der Waals surface area contributed by atoms with Crippen LogP contribution in [0.25, 0.3) is 5.69 Å². The monoisotopic (exact) mass is 375 g/mol. The maximum atomic E-state index is 13.3. The smallest absolute Gasteiger partial charge is 0.317 e. The summed E-state index contributed by atoms with van der Waals surface area (Å²) in [5, 5.41) is 7.00. The standard InChI is InChI=1S/C18H22FN5O3/c1-22(2)17(25)16-12-23(6-7-27-16)18(26)20-9-13-10-21-24(11-13)15-5-3-4-14(19)8-15/h3-5,8,10-11,16H,6-7,9,12H2,1-2H3,(H,20,26)/t16-/m1/s1. The predicted octanol–water partition coefficient (Wildman–Crippen LogP) is 1.01. The summed E-state index contributed by atoms with van der Waals surface area (Å²) < 4.78 is 20.3. The van der Waals surface area contributed by atoms with Crippen molar-refractivity contribution in [1.82, 2.24) is 24.9 Å². The predicted molar refractivity (Wildman–Crippen MR) is 95.8 cm³/mol. The summed E-state index contributed by atoms with van der Waals surface area (Å²) >= 11 is 0. The van der Waals surface area contributed by atoms with Crippen LogP contribution in [-0.4, -0.2) is 71.4 Å². The third-order valence-corrected chi connectivity index (χ3v) is 4.22. The van der Waals surface area contributed by atoms with Gasteiger partial charge in [0.1, 0.15) is 5.82 Å². The van der Waals surface area contributed by atoms with Gasteiger partial charge in [-0.25, -0.2) is 13.9 Å². The number of hydrogen-bond acceptors (Lipinski definition) is 4. The highest BCUT2D eigenvalue weighted by Crippen LogP contribution is 2.11. The lowest BCUT2D eigenvalue weighted by atomic mass is 10.2. The Morgan fingerprint density at radius 3 is 2.96 bits per heavy atom. The van der Waals surface area contributed by atoms with E-state index in [1.165, 1.54) is 17.0 Å². The average molecular weight is 375 g/mol. The second-order valence-corrected chi connectivity index (χ2v) is 6.47. The maximum absolute atomic E-state index is 13.3. The lowest BCUT2D eigenvalue weighted by molar-refractivity contribution is -0.145. The first-order valence-corrected chi connectivity index (χ1v) is 8.59. The summed E-state index contributed by atoms with van der Waals surface area (Å²) in [5.41, 5.74) is 1.38. The third-order valence-electron chi connectivity index (χ3n) is 4.22. The number of likely N-dealkylation sites (N-methyl/N-ethyl adjacent to an activating group) is 1. The molecule has 1 atom stereocenters. The summed E-state index contributed by atoms with van der Waals surface area (Å²) in [6, 6.07) is 5.83. The largest absolute Gasteiger partial charge is 0.365 e. The molecule has 144 valence electrons. The Labute approximate surface area is 156 Å². The summed E-state index contributed by atoms with van der Waals surface area (Å²) in [6.07, 6.45) is 2.70. The van der Waals surface area contributed by atoms with Crippen LogP contribution in [0.5, 0.6) is 0 Å². The number of amides is 3. The van der Waals surface area contributed by atoms with E-state index in [1.54, 1.807) is 48.2 Å². The normalized spacial score (nSPS) is 16.9. The zero-order valence-electron chi connectivity index (χ0n) is 15.3. The minimum absolute atomic E-state index is 0.163. The number of nitrogens with zero attached hydrogens (tertiary/aromatic N) is 4. The molecule has 0 aliphatic carbocycles. The van der Waals surface area contributed by atoms with Gasteiger partial charge in [-0.2, -0.15) is 5.10 Å². The molecule has 1 aromatic carbocycles. The highest BCUT2D eigenvalue weighted by atomic mass is 19.1. The minimum atomic E-state index is -0.643. The van der Waals surface area contributed by atoms with Crippen LogP contribution in [0.2, 0.25) is 0 Å².